The molecule has 0 bridgehead atoms. The highest BCUT2D eigenvalue weighted by molar-refractivity contribution is 6.02. The van der Waals surface area contributed by atoms with Crippen molar-refractivity contribution in [3.63, 3.8) is 0 Å². The zero-order chi connectivity index (χ0) is 22.0. The number of carbonyl (C=O) groups is 2. The Bertz CT molecular complexity index is 1040. The maximum atomic E-state index is 13.3. The fourth-order valence-corrected chi connectivity index (χ4v) is 4.55. The van der Waals surface area contributed by atoms with E-state index in [1.807, 2.05) is 49.4 Å². The summed E-state index contributed by atoms with van der Waals surface area (Å²) >= 11 is 0. The predicted octanol–water partition coefficient (Wildman–Crippen LogP) is 4.11. The molecule has 2 aromatic rings. The number of Topliss-reactive ketones (excluding diaryl/α,β-unsaturated/α-hetero) is 1. The number of benzene rings is 2. The summed E-state index contributed by atoms with van der Waals surface area (Å²) in [6.45, 7) is 2.47. The summed E-state index contributed by atoms with van der Waals surface area (Å²) < 4.78 is 16.4. The van der Waals surface area contributed by atoms with Gasteiger partial charge in [-0.1, -0.05) is 18.2 Å². The van der Waals surface area contributed by atoms with E-state index in [0.29, 0.717) is 36.7 Å². The van der Waals surface area contributed by atoms with Crippen LogP contribution in [-0.4, -0.2) is 32.5 Å². The average Bonchev–Trinajstić information content (AvgIpc) is 2.78. The summed E-state index contributed by atoms with van der Waals surface area (Å²) in [6, 6.07) is 13.4. The minimum Gasteiger partial charge on any atom is -0.497 e. The molecule has 6 heteroatoms. The van der Waals surface area contributed by atoms with Gasteiger partial charge in [-0.3, -0.25) is 9.59 Å². The lowest BCUT2D eigenvalue weighted by molar-refractivity contribution is -0.122. The minimum absolute atomic E-state index is 0.0276. The van der Waals surface area contributed by atoms with E-state index in [1.165, 1.54) is 0 Å². The lowest BCUT2D eigenvalue weighted by Gasteiger charge is -2.34. The van der Waals surface area contributed by atoms with Crippen molar-refractivity contribution in [3.8, 4) is 17.2 Å². The molecule has 0 fully saturated rings. The molecule has 31 heavy (non-hydrogen) atoms. The Morgan fingerprint density at radius 2 is 1.77 bits per heavy atom. The van der Waals surface area contributed by atoms with E-state index in [0.717, 1.165) is 22.4 Å². The summed E-state index contributed by atoms with van der Waals surface area (Å²) in [5.74, 6) is 1.78. The van der Waals surface area contributed by atoms with Crippen LogP contribution in [0.3, 0.4) is 0 Å². The summed E-state index contributed by atoms with van der Waals surface area (Å²) in [5.41, 5.74) is 3.38. The SMILES string of the molecule is CCOc1ccc(C2CC(=O)C3=C(C2)NC(=O)CC3c2cccc(OC)c2)cc1OC. The van der Waals surface area contributed by atoms with E-state index < -0.39 is 0 Å². The number of nitrogens with one attached hydrogen (secondary N) is 1. The molecule has 2 unspecified atom stereocenters. The fourth-order valence-electron chi connectivity index (χ4n) is 4.55. The molecule has 1 amide bonds. The van der Waals surface area contributed by atoms with E-state index in [4.69, 9.17) is 14.2 Å². The van der Waals surface area contributed by atoms with E-state index in [-0.39, 0.29) is 29.9 Å². The smallest absolute Gasteiger partial charge is 0.225 e. The maximum absolute atomic E-state index is 13.3. The normalized spacial score (nSPS) is 20.7. The molecule has 1 heterocycles. The van der Waals surface area contributed by atoms with Gasteiger partial charge in [0.25, 0.3) is 0 Å². The fraction of sp³-hybridized carbons (Fsp3) is 0.360. The molecule has 1 aliphatic carbocycles. The number of allylic oxidation sites excluding steroid dienone is 2. The number of methoxy groups -OCH3 is 2. The molecule has 0 saturated carbocycles. The zero-order valence-corrected chi connectivity index (χ0v) is 18.1. The minimum atomic E-state index is -0.248. The standard InChI is InChI=1S/C25H27NO5/c1-4-31-22-9-8-15(13-23(22)30-3)17-11-20-25(21(27)12-17)19(14-24(28)26-20)16-6-5-7-18(10-16)29-2/h5-10,13,17,19H,4,11-12,14H2,1-3H3,(H,26,28). The zero-order valence-electron chi connectivity index (χ0n) is 18.1. The predicted molar refractivity (Wildman–Crippen MR) is 117 cm³/mol. The van der Waals surface area contributed by atoms with Crippen LogP contribution in [0.15, 0.2) is 53.7 Å². The number of rotatable bonds is 6. The van der Waals surface area contributed by atoms with Crippen molar-refractivity contribution in [2.45, 2.75) is 38.0 Å². The van der Waals surface area contributed by atoms with Crippen LogP contribution in [0.4, 0.5) is 0 Å². The first-order valence-corrected chi connectivity index (χ1v) is 10.5. The number of amides is 1. The largest absolute Gasteiger partial charge is 0.497 e. The van der Waals surface area contributed by atoms with Crippen molar-refractivity contribution in [2.24, 2.45) is 0 Å². The quantitative estimate of drug-likeness (QED) is 0.760. The summed E-state index contributed by atoms with van der Waals surface area (Å²) in [5, 5.41) is 2.97. The maximum Gasteiger partial charge on any atom is 0.225 e. The highest BCUT2D eigenvalue weighted by atomic mass is 16.5. The first kappa shape index (κ1) is 21.0. The van der Waals surface area contributed by atoms with Gasteiger partial charge in [0, 0.05) is 30.0 Å². The molecule has 2 atom stereocenters. The molecule has 162 valence electrons. The van der Waals surface area contributed by atoms with Crippen LogP contribution in [0.5, 0.6) is 17.2 Å². The first-order chi connectivity index (χ1) is 15.0. The van der Waals surface area contributed by atoms with Gasteiger partial charge in [-0.05, 0) is 54.7 Å². The second-order valence-electron chi connectivity index (χ2n) is 7.85. The van der Waals surface area contributed by atoms with Crippen molar-refractivity contribution >= 4 is 11.7 Å². The van der Waals surface area contributed by atoms with Gasteiger partial charge in [0.05, 0.1) is 20.8 Å². The molecule has 0 aromatic heterocycles. The van der Waals surface area contributed by atoms with Crippen molar-refractivity contribution in [2.75, 3.05) is 20.8 Å². The third kappa shape index (κ3) is 4.15. The van der Waals surface area contributed by atoms with Crippen LogP contribution in [0.1, 0.15) is 49.1 Å². The Balaban J connectivity index is 1.67. The van der Waals surface area contributed by atoms with Gasteiger partial charge in [0.2, 0.25) is 5.91 Å². The van der Waals surface area contributed by atoms with Crippen molar-refractivity contribution in [3.05, 3.63) is 64.9 Å². The number of hydrogen-bond acceptors (Lipinski definition) is 5. The molecular weight excluding hydrogens is 394 g/mol. The van der Waals surface area contributed by atoms with Crippen LogP contribution in [0, 0.1) is 0 Å². The van der Waals surface area contributed by atoms with Crippen molar-refractivity contribution in [1.82, 2.24) is 5.32 Å². The Morgan fingerprint density at radius 3 is 2.52 bits per heavy atom. The second-order valence-corrected chi connectivity index (χ2v) is 7.85. The van der Waals surface area contributed by atoms with Crippen LogP contribution >= 0.6 is 0 Å². The van der Waals surface area contributed by atoms with Gasteiger partial charge >= 0.3 is 0 Å². The summed E-state index contributed by atoms with van der Waals surface area (Å²) in [6.07, 6.45) is 1.26. The van der Waals surface area contributed by atoms with E-state index in [2.05, 4.69) is 5.32 Å². The van der Waals surface area contributed by atoms with Crippen LogP contribution in [-0.2, 0) is 9.59 Å². The molecule has 0 spiro atoms. The van der Waals surface area contributed by atoms with Crippen molar-refractivity contribution < 1.29 is 23.8 Å². The van der Waals surface area contributed by atoms with Crippen LogP contribution < -0.4 is 19.5 Å². The van der Waals surface area contributed by atoms with Gasteiger partial charge in [-0.2, -0.15) is 0 Å². The van der Waals surface area contributed by atoms with E-state index in [1.54, 1.807) is 14.2 Å². The van der Waals surface area contributed by atoms with E-state index in [9.17, 15) is 9.59 Å². The van der Waals surface area contributed by atoms with Gasteiger partial charge in [0.15, 0.2) is 17.3 Å². The van der Waals surface area contributed by atoms with Crippen molar-refractivity contribution in [1.29, 1.82) is 0 Å². The lowest BCUT2D eigenvalue weighted by Crippen LogP contribution is -2.38. The Hall–Kier alpha value is -3.28. The molecule has 6 nitrogen and oxygen atoms in total. The third-order valence-electron chi connectivity index (χ3n) is 5.99. The molecule has 4 rings (SSSR count). The molecule has 1 N–H and O–H groups in total. The molecular formula is C25H27NO5. The molecule has 2 aromatic carbocycles. The second kappa shape index (κ2) is 8.84. The first-order valence-electron chi connectivity index (χ1n) is 10.5. The molecule has 1 aliphatic heterocycles. The van der Waals surface area contributed by atoms with Crippen LogP contribution in [0.2, 0.25) is 0 Å². The highest BCUT2D eigenvalue weighted by Crippen LogP contribution is 2.44. The lowest BCUT2D eigenvalue weighted by atomic mass is 9.73. The molecule has 0 saturated heterocycles. The number of hydrogen-bond donors (Lipinski definition) is 1. The van der Waals surface area contributed by atoms with Crippen LogP contribution in [0.25, 0.3) is 0 Å². The van der Waals surface area contributed by atoms with Gasteiger partial charge < -0.3 is 19.5 Å². The monoisotopic (exact) mass is 421 g/mol. The van der Waals surface area contributed by atoms with Gasteiger partial charge in [-0.25, -0.2) is 0 Å². The summed E-state index contributed by atoms with van der Waals surface area (Å²) in [7, 11) is 3.22. The number of ketones is 1. The Morgan fingerprint density at radius 1 is 0.935 bits per heavy atom. The van der Waals surface area contributed by atoms with Gasteiger partial charge in [0.1, 0.15) is 5.75 Å². The summed E-state index contributed by atoms with van der Waals surface area (Å²) in [4.78, 5) is 25.8. The highest BCUT2D eigenvalue weighted by Gasteiger charge is 2.38. The average molecular weight is 421 g/mol. The molecule has 2 aliphatic rings. The van der Waals surface area contributed by atoms with E-state index >= 15 is 0 Å². The number of ether oxygens (including phenoxy) is 3. The Kier molecular flexibility index (Phi) is 5.98. The topological polar surface area (TPSA) is 73.9 Å². The Labute approximate surface area is 182 Å². The third-order valence-corrected chi connectivity index (χ3v) is 5.99. The number of carbonyl (C=O) groups excluding carboxylic acids is 2. The molecule has 0 radical (unpaired) electrons. The van der Waals surface area contributed by atoms with Gasteiger partial charge in [-0.15, -0.1) is 0 Å².